The van der Waals surface area contributed by atoms with Gasteiger partial charge in [0, 0.05) is 24.8 Å². The lowest BCUT2D eigenvalue weighted by Gasteiger charge is -2.35. The number of rotatable bonds is 4. The molecule has 5 nitrogen and oxygen atoms in total. The molecule has 1 fully saturated rings. The minimum Gasteiger partial charge on any atom is -0.444 e. The van der Waals surface area contributed by atoms with E-state index in [1.807, 2.05) is 0 Å². The maximum absolute atomic E-state index is 12.7. The van der Waals surface area contributed by atoms with Crippen LogP contribution in [0.25, 0.3) is 11.5 Å². The first kappa shape index (κ1) is 17.3. The molecule has 1 aromatic carbocycles. The SMILES string of the molecule is O=C(c1coc(-c2ccc(Cl)c(Cl)c2)n1)N1CCCCC1CCO. The zero-order chi connectivity index (χ0) is 17.1. The van der Waals surface area contributed by atoms with E-state index in [1.54, 1.807) is 23.1 Å². The van der Waals surface area contributed by atoms with Gasteiger partial charge in [0.2, 0.25) is 5.89 Å². The third-order valence-corrected chi connectivity index (χ3v) is 4.98. The molecule has 1 amide bonds. The van der Waals surface area contributed by atoms with Crippen molar-refractivity contribution >= 4 is 29.1 Å². The molecule has 1 aliphatic rings. The van der Waals surface area contributed by atoms with Crippen molar-refractivity contribution in [1.29, 1.82) is 0 Å². The lowest BCUT2D eigenvalue weighted by molar-refractivity contribution is 0.0568. The Bertz CT molecular complexity index is 730. The lowest BCUT2D eigenvalue weighted by atomic mass is 9.99. The smallest absolute Gasteiger partial charge is 0.276 e. The quantitative estimate of drug-likeness (QED) is 0.884. The zero-order valence-electron chi connectivity index (χ0n) is 13.0. The van der Waals surface area contributed by atoms with Crippen molar-refractivity contribution in [3.8, 4) is 11.5 Å². The second-order valence-corrected chi connectivity index (χ2v) is 6.64. The summed E-state index contributed by atoms with van der Waals surface area (Å²) >= 11 is 11.9. The van der Waals surface area contributed by atoms with Crippen LogP contribution in [-0.2, 0) is 0 Å². The van der Waals surface area contributed by atoms with Gasteiger partial charge in [-0.1, -0.05) is 23.2 Å². The maximum Gasteiger partial charge on any atom is 0.276 e. The van der Waals surface area contributed by atoms with Crippen LogP contribution in [0.4, 0.5) is 0 Å². The fraction of sp³-hybridized carbons (Fsp3) is 0.412. The van der Waals surface area contributed by atoms with Crippen molar-refractivity contribution in [2.24, 2.45) is 0 Å². The van der Waals surface area contributed by atoms with E-state index < -0.39 is 0 Å². The second kappa shape index (κ2) is 7.55. The number of benzene rings is 1. The van der Waals surface area contributed by atoms with E-state index in [4.69, 9.17) is 27.6 Å². The third kappa shape index (κ3) is 3.58. The molecule has 128 valence electrons. The van der Waals surface area contributed by atoms with Gasteiger partial charge in [0.1, 0.15) is 6.26 Å². The third-order valence-electron chi connectivity index (χ3n) is 4.24. The number of hydrogen-bond donors (Lipinski definition) is 1. The van der Waals surface area contributed by atoms with Crippen LogP contribution < -0.4 is 0 Å². The molecule has 0 radical (unpaired) electrons. The number of halogens is 2. The Morgan fingerprint density at radius 3 is 2.92 bits per heavy atom. The van der Waals surface area contributed by atoms with Crippen LogP contribution in [-0.4, -0.2) is 40.1 Å². The summed E-state index contributed by atoms with van der Waals surface area (Å²) in [7, 11) is 0. The topological polar surface area (TPSA) is 66.6 Å². The monoisotopic (exact) mass is 368 g/mol. The van der Waals surface area contributed by atoms with Gasteiger partial charge in [-0.05, 0) is 43.9 Å². The molecule has 7 heteroatoms. The highest BCUT2D eigenvalue weighted by atomic mass is 35.5. The average Bonchev–Trinajstić information content (AvgIpc) is 3.07. The molecule has 0 spiro atoms. The summed E-state index contributed by atoms with van der Waals surface area (Å²) in [6.45, 7) is 0.750. The standard InChI is InChI=1S/C17H18Cl2N2O3/c18-13-5-4-11(9-14(13)19)16-20-15(10-24-16)17(23)21-7-2-1-3-12(21)6-8-22/h4-5,9-10,12,22H,1-3,6-8H2. The molecule has 1 saturated heterocycles. The van der Waals surface area contributed by atoms with Gasteiger partial charge < -0.3 is 14.4 Å². The second-order valence-electron chi connectivity index (χ2n) is 5.83. The Morgan fingerprint density at radius 2 is 2.17 bits per heavy atom. The van der Waals surface area contributed by atoms with Crippen molar-refractivity contribution in [3.05, 3.63) is 40.2 Å². The minimum atomic E-state index is -0.164. The van der Waals surface area contributed by atoms with Gasteiger partial charge in [-0.3, -0.25) is 4.79 Å². The maximum atomic E-state index is 12.7. The van der Waals surface area contributed by atoms with Gasteiger partial charge in [0.25, 0.3) is 5.91 Å². The van der Waals surface area contributed by atoms with Crippen LogP contribution in [0.2, 0.25) is 10.0 Å². The number of hydrogen-bond acceptors (Lipinski definition) is 4. The number of aliphatic hydroxyl groups excluding tert-OH is 1. The molecule has 1 aliphatic heterocycles. The average molecular weight is 369 g/mol. The molecular weight excluding hydrogens is 351 g/mol. The van der Waals surface area contributed by atoms with Gasteiger partial charge in [0.05, 0.1) is 10.0 Å². The molecule has 2 aromatic rings. The Labute approximate surface area is 150 Å². The number of carbonyl (C=O) groups is 1. The van der Waals surface area contributed by atoms with Gasteiger partial charge in [-0.2, -0.15) is 0 Å². The molecule has 3 rings (SSSR count). The zero-order valence-corrected chi connectivity index (χ0v) is 14.6. The van der Waals surface area contributed by atoms with Crippen LogP contribution in [0.15, 0.2) is 28.9 Å². The normalized spacial score (nSPS) is 18.0. The van der Waals surface area contributed by atoms with E-state index >= 15 is 0 Å². The highest BCUT2D eigenvalue weighted by Gasteiger charge is 2.29. The number of carbonyl (C=O) groups excluding carboxylic acids is 1. The highest BCUT2D eigenvalue weighted by Crippen LogP contribution is 2.29. The Hall–Kier alpha value is -1.56. The number of amides is 1. The molecule has 0 saturated carbocycles. The molecule has 2 heterocycles. The molecule has 0 aliphatic carbocycles. The lowest BCUT2D eigenvalue weighted by Crippen LogP contribution is -2.44. The number of aromatic nitrogens is 1. The largest absolute Gasteiger partial charge is 0.444 e. The summed E-state index contributed by atoms with van der Waals surface area (Å²) in [5, 5.41) is 10.0. The van der Waals surface area contributed by atoms with E-state index in [2.05, 4.69) is 4.98 Å². The first-order valence-electron chi connectivity index (χ1n) is 7.93. The fourth-order valence-electron chi connectivity index (χ4n) is 3.00. The summed E-state index contributed by atoms with van der Waals surface area (Å²) < 4.78 is 5.44. The predicted octanol–water partition coefficient (Wildman–Crippen LogP) is 4.03. The van der Waals surface area contributed by atoms with Gasteiger partial charge in [0.15, 0.2) is 5.69 Å². The molecule has 1 atom stereocenters. The minimum absolute atomic E-state index is 0.0568. The molecule has 0 bridgehead atoms. The van der Waals surface area contributed by atoms with E-state index in [0.29, 0.717) is 34.5 Å². The Morgan fingerprint density at radius 1 is 1.33 bits per heavy atom. The van der Waals surface area contributed by atoms with E-state index in [9.17, 15) is 9.90 Å². The van der Waals surface area contributed by atoms with Crippen LogP contribution in [0.5, 0.6) is 0 Å². The van der Waals surface area contributed by atoms with Crippen molar-refractivity contribution < 1.29 is 14.3 Å². The summed E-state index contributed by atoms with van der Waals surface area (Å²) in [6.07, 6.45) is 4.89. The molecule has 24 heavy (non-hydrogen) atoms. The fourth-order valence-corrected chi connectivity index (χ4v) is 3.30. The summed E-state index contributed by atoms with van der Waals surface area (Å²) in [4.78, 5) is 18.8. The van der Waals surface area contributed by atoms with Crippen molar-refractivity contribution in [2.75, 3.05) is 13.2 Å². The highest BCUT2D eigenvalue weighted by molar-refractivity contribution is 6.42. The number of nitrogens with zero attached hydrogens (tertiary/aromatic N) is 2. The van der Waals surface area contributed by atoms with E-state index in [1.165, 1.54) is 6.26 Å². The van der Waals surface area contributed by atoms with Crippen LogP contribution in [0, 0.1) is 0 Å². The first-order chi connectivity index (χ1) is 11.6. The summed E-state index contributed by atoms with van der Waals surface area (Å²) in [5.74, 6) is 0.163. The summed E-state index contributed by atoms with van der Waals surface area (Å²) in [6, 6.07) is 5.11. The van der Waals surface area contributed by atoms with Crippen molar-refractivity contribution in [3.63, 3.8) is 0 Å². The van der Waals surface area contributed by atoms with Crippen molar-refractivity contribution in [2.45, 2.75) is 31.7 Å². The van der Waals surface area contributed by atoms with Gasteiger partial charge in [-0.15, -0.1) is 0 Å². The number of piperidine rings is 1. The van der Waals surface area contributed by atoms with Crippen LogP contribution >= 0.6 is 23.2 Å². The molecule has 1 aromatic heterocycles. The molecule has 1 unspecified atom stereocenters. The summed E-state index contributed by atoms with van der Waals surface area (Å²) in [5.41, 5.74) is 0.926. The molecular formula is C17H18Cl2N2O3. The van der Waals surface area contributed by atoms with Crippen molar-refractivity contribution in [1.82, 2.24) is 9.88 Å². The number of likely N-dealkylation sites (tertiary alicyclic amines) is 1. The number of aliphatic hydroxyl groups is 1. The number of oxazole rings is 1. The molecule has 1 N–H and O–H groups in total. The Balaban J connectivity index is 1.81. The van der Waals surface area contributed by atoms with Gasteiger partial charge >= 0.3 is 0 Å². The van der Waals surface area contributed by atoms with Crippen LogP contribution in [0.1, 0.15) is 36.2 Å². The van der Waals surface area contributed by atoms with E-state index in [-0.39, 0.29) is 24.2 Å². The Kier molecular flexibility index (Phi) is 5.43. The van der Waals surface area contributed by atoms with Crippen LogP contribution in [0.3, 0.4) is 0 Å². The predicted molar refractivity (Wildman–Crippen MR) is 92.3 cm³/mol. The van der Waals surface area contributed by atoms with Gasteiger partial charge in [-0.25, -0.2) is 4.98 Å². The first-order valence-corrected chi connectivity index (χ1v) is 8.68. The van der Waals surface area contributed by atoms with E-state index in [0.717, 1.165) is 19.3 Å².